The molecule has 29 heavy (non-hydrogen) atoms. The van der Waals surface area contributed by atoms with Gasteiger partial charge in [-0.2, -0.15) is 0 Å². The van der Waals surface area contributed by atoms with Crippen LogP contribution >= 0.6 is 0 Å². The molecule has 1 aliphatic carbocycles. The van der Waals surface area contributed by atoms with Crippen LogP contribution in [-0.4, -0.2) is 31.5 Å². The Labute approximate surface area is 171 Å². The van der Waals surface area contributed by atoms with Gasteiger partial charge in [0.25, 0.3) is 5.91 Å². The van der Waals surface area contributed by atoms with Crippen LogP contribution in [0.15, 0.2) is 52.8 Å². The molecule has 2 aromatic rings. The minimum Gasteiger partial charge on any atom is -0.398 e. The van der Waals surface area contributed by atoms with Gasteiger partial charge in [-0.05, 0) is 43.7 Å². The van der Waals surface area contributed by atoms with E-state index in [-0.39, 0.29) is 18.2 Å². The molecule has 0 radical (unpaired) electrons. The van der Waals surface area contributed by atoms with Crippen molar-refractivity contribution in [3.63, 3.8) is 0 Å². The van der Waals surface area contributed by atoms with E-state index in [4.69, 9.17) is 9.68 Å². The van der Waals surface area contributed by atoms with Gasteiger partial charge in [0.05, 0.1) is 5.71 Å². The lowest BCUT2D eigenvalue weighted by Crippen LogP contribution is -2.29. The van der Waals surface area contributed by atoms with Gasteiger partial charge in [-0.25, -0.2) is 0 Å². The molecule has 2 aromatic carbocycles. The minimum atomic E-state index is -0.322. The third kappa shape index (κ3) is 4.83. The molecule has 0 saturated heterocycles. The maximum Gasteiger partial charge on any atom is 0.273 e. The Morgan fingerprint density at radius 1 is 1.10 bits per heavy atom. The third-order valence-corrected chi connectivity index (χ3v) is 5.07. The van der Waals surface area contributed by atoms with Gasteiger partial charge in [-0.1, -0.05) is 52.8 Å². The molecule has 0 aliphatic heterocycles. The number of likely N-dealkylation sites (N-methyl/N-ethyl adjacent to an activating group) is 1. The zero-order valence-electron chi connectivity index (χ0n) is 17.4. The molecule has 0 atom stereocenters. The first-order chi connectivity index (χ1) is 14.1. The molecule has 0 heterocycles. The van der Waals surface area contributed by atoms with Crippen molar-refractivity contribution in [2.75, 3.05) is 14.2 Å². The summed E-state index contributed by atoms with van der Waals surface area (Å²) in [4.78, 5) is 22.8. The monoisotopic (exact) mass is 393 g/mol. The first-order valence-electron chi connectivity index (χ1n) is 9.74. The van der Waals surface area contributed by atoms with E-state index in [9.17, 15) is 4.79 Å². The van der Waals surface area contributed by atoms with Crippen LogP contribution in [-0.2, 0) is 21.1 Å². The lowest BCUT2D eigenvalue weighted by Gasteiger charge is -2.13. The Kier molecular flexibility index (Phi) is 6.65. The fourth-order valence-corrected chi connectivity index (χ4v) is 3.36. The maximum atomic E-state index is 12.2. The summed E-state index contributed by atoms with van der Waals surface area (Å²) in [5.74, 6) is 0.316. The molecule has 1 aliphatic rings. The van der Waals surface area contributed by atoms with Crippen molar-refractivity contribution in [3.8, 4) is 0 Å². The van der Waals surface area contributed by atoms with E-state index in [2.05, 4.69) is 33.8 Å². The molecule has 0 unspecified atom stereocenters. The van der Waals surface area contributed by atoms with Gasteiger partial charge in [0, 0.05) is 23.7 Å². The summed E-state index contributed by atoms with van der Waals surface area (Å²) in [5.41, 5.74) is 6.02. The minimum absolute atomic E-state index is 0.206. The second kappa shape index (κ2) is 9.37. The van der Waals surface area contributed by atoms with Crippen LogP contribution in [0.3, 0.4) is 0 Å². The van der Waals surface area contributed by atoms with E-state index in [1.54, 1.807) is 7.05 Å². The van der Waals surface area contributed by atoms with E-state index in [1.165, 1.54) is 25.5 Å². The highest BCUT2D eigenvalue weighted by Gasteiger charge is 2.26. The number of oxime groups is 2. The Morgan fingerprint density at radius 3 is 2.52 bits per heavy atom. The van der Waals surface area contributed by atoms with Crippen LogP contribution in [0.2, 0.25) is 0 Å². The summed E-state index contributed by atoms with van der Waals surface area (Å²) in [6, 6.07) is 14.0. The summed E-state index contributed by atoms with van der Waals surface area (Å²) in [7, 11) is 2.98. The largest absolute Gasteiger partial charge is 0.398 e. The lowest BCUT2D eigenvalue weighted by atomic mass is 9.98. The number of hydrogen-bond acceptors (Lipinski definition) is 5. The van der Waals surface area contributed by atoms with Gasteiger partial charge in [-0.3, -0.25) is 4.79 Å². The zero-order chi connectivity index (χ0) is 20.8. The van der Waals surface area contributed by atoms with Crippen molar-refractivity contribution in [1.82, 2.24) is 5.32 Å². The smallest absolute Gasteiger partial charge is 0.273 e. The number of rotatable bonds is 8. The van der Waals surface area contributed by atoms with E-state index in [0.717, 1.165) is 22.4 Å². The van der Waals surface area contributed by atoms with Gasteiger partial charge in [0.15, 0.2) is 5.71 Å². The second-order valence-electron chi connectivity index (χ2n) is 7.11. The lowest BCUT2D eigenvalue weighted by molar-refractivity contribution is -0.114. The highest BCUT2D eigenvalue weighted by Crippen LogP contribution is 2.41. The van der Waals surface area contributed by atoms with Crippen molar-refractivity contribution < 1.29 is 14.5 Å². The van der Waals surface area contributed by atoms with Crippen LogP contribution in [0.4, 0.5) is 0 Å². The van der Waals surface area contributed by atoms with E-state index in [0.29, 0.717) is 11.5 Å². The molecule has 0 bridgehead atoms. The van der Waals surface area contributed by atoms with Crippen molar-refractivity contribution in [2.45, 2.75) is 39.2 Å². The predicted octanol–water partition coefficient (Wildman–Crippen LogP) is 3.91. The maximum absolute atomic E-state index is 12.2. The normalized spacial score (nSPS) is 14.5. The summed E-state index contributed by atoms with van der Waals surface area (Å²) in [6.45, 7) is 4.16. The fourth-order valence-electron chi connectivity index (χ4n) is 3.36. The quantitative estimate of drug-likeness (QED) is 0.546. The number of amides is 1. The number of nitrogens with one attached hydrogen (secondary N) is 1. The number of hydrogen-bond donors (Lipinski definition) is 1. The van der Waals surface area contributed by atoms with Gasteiger partial charge in [0.1, 0.15) is 13.7 Å². The van der Waals surface area contributed by atoms with Gasteiger partial charge >= 0.3 is 0 Å². The molecule has 1 amide bonds. The molecule has 152 valence electrons. The molecular formula is C23H27N3O3. The second-order valence-corrected chi connectivity index (χ2v) is 7.11. The summed E-state index contributed by atoms with van der Waals surface area (Å²) < 4.78 is 0. The number of nitrogens with zero attached hydrogens (tertiary/aromatic N) is 2. The Bertz CT molecular complexity index is 946. The van der Waals surface area contributed by atoms with Crippen LogP contribution in [0.5, 0.6) is 0 Å². The highest BCUT2D eigenvalue weighted by molar-refractivity contribution is 6.45. The Balaban J connectivity index is 1.83. The molecule has 1 fully saturated rings. The Morgan fingerprint density at radius 2 is 1.83 bits per heavy atom. The zero-order valence-corrected chi connectivity index (χ0v) is 17.4. The van der Waals surface area contributed by atoms with Crippen LogP contribution in [0, 0.1) is 6.92 Å². The standard InChI is InChI=1S/C23H27N3O3/c1-15-8-7-11-20(22(26-28-4)23(27)24-3)21(15)14-29-25-16(2)18-9-5-6-10-19(18)17-12-13-17/h5-11,17H,12-14H2,1-4H3,(H,24,27)/b25-16+,26-22+. The van der Waals surface area contributed by atoms with Crippen molar-refractivity contribution in [1.29, 1.82) is 0 Å². The molecule has 0 spiro atoms. The van der Waals surface area contributed by atoms with Crippen LogP contribution < -0.4 is 5.32 Å². The predicted molar refractivity (Wildman–Crippen MR) is 114 cm³/mol. The van der Waals surface area contributed by atoms with Crippen molar-refractivity contribution >= 4 is 17.3 Å². The van der Waals surface area contributed by atoms with E-state index in [1.807, 2.05) is 38.1 Å². The molecule has 1 saturated carbocycles. The first kappa shape index (κ1) is 20.6. The summed E-state index contributed by atoms with van der Waals surface area (Å²) in [6.07, 6.45) is 2.47. The SMILES string of the molecule is CNC(=O)/C(=N/OC)c1cccc(C)c1CO/N=C(\C)c1ccccc1C1CC1. The molecule has 3 rings (SSSR count). The Hall–Kier alpha value is -3.15. The van der Waals surface area contributed by atoms with Gasteiger partial charge < -0.3 is 15.0 Å². The molecule has 6 nitrogen and oxygen atoms in total. The van der Waals surface area contributed by atoms with Crippen LogP contribution in [0.25, 0.3) is 0 Å². The molecule has 1 N–H and O–H groups in total. The average Bonchev–Trinajstić information content (AvgIpc) is 3.58. The van der Waals surface area contributed by atoms with Crippen LogP contribution in [0.1, 0.15) is 53.5 Å². The fraction of sp³-hybridized carbons (Fsp3) is 0.348. The van der Waals surface area contributed by atoms with Gasteiger partial charge in [0.2, 0.25) is 0 Å². The summed E-state index contributed by atoms with van der Waals surface area (Å²) >= 11 is 0. The van der Waals surface area contributed by atoms with E-state index >= 15 is 0 Å². The number of carbonyl (C=O) groups excluding carboxylic acids is 1. The number of benzene rings is 2. The first-order valence-corrected chi connectivity index (χ1v) is 9.74. The van der Waals surface area contributed by atoms with E-state index < -0.39 is 0 Å². The number of aryl methyl sites for hydroxylation is 1. The highest BCUT2D eigenvalue weighted by atomic mass is 16.6. The molecular weight excluding hydrogens is 366 g/mol. The van der Waals surface area contributed by atoms with Gasteiger partial charge in [-0.15, -0.1) is 0 Å². The molecule has 6 heteroatoms. The summed E-state index contributed by atoms with van der Waals surface area (Å²) in [5, 5.41) is 10.9. The molecule has 0 aromatic heterocycles. The van der Waals surface area contributed by atoms with Crippen molar-refractivity contribution in [2.24, 2.45) is 10.3 Å². The third-order valence-electron chi connectivity index (χ3n) is 5.07. The average molecular weight is 393 g/mol. The topological polar surface area (TPSA) is 72.3 Å². The van der Waals surface area contributed by atoms with Crippen molar-refractivity contribution in [3.05, 3.63) is 70.3 Å². The number of carbonyl (C=O) groups is 1.